The molecule has 0 aromatic rings. The van der Waals surface area contributed by atoms with Crippen molar-refractivity contribution in [2.75, 3.05) is 0 Å². The quantitative estimate of drug-likeness (QED) is 0.251. The smallest absolute Gasteiger partial charge is 0.428 e. The van der Waals surface area contributed by atoms with Crippen molar-refractivity contribution in [3.63, 3.8) is 0 Å². The average molecular weight is 421 g/mol. The van der Waals surface area contributed by atoms with Crippen molar-refractivity contribution in [3.8, 4) is 0 Å². The molecule has 0 amide bonds. The number of hydrogen-bond donors (Lipinski definition) is 0. The number of hydrogen-bond acceptors (Lipinski definition) is 6. The van der Waals surface area contributed by atoms with E-state index in [9.17, 15) is 0 Å². The van der Waals surface area contributed by atoms with Crippen LogP contribution < -0.4 is 0 Å². The molecular weight excluding hydrogens is 375 g/mol. The lowest BCUT2D eigenvalue weighted by molar-refractivity contribution is -0.265. The van der Waals surface area contributed by atoms with Gasteiger partial charge in [-0.3, -0.25) is 0 Å². The predicted molar refractivity (Wildman–Crippen MR) is 114 cm³/mol. The Morgan fingerprint density at radius 3 is 0.929 bits per heavy atom. The molecule has 28 heavy (non-hydrogen) atoms. The molecule has 0 aromatic carbocycles. The minimum atomic E-state index is -2.69. The first-order chi connectivity index (χ1) is 12.6. The van der Waals surface area contributed by atoms with Gasteiger partial charge in [-0.25, -0.2) is 0 Å². The third-order valence-corrected chi connectivity index (χ3v) is 6.60. The first-order valence-corrected chi connectivity index (χ1v) is 12.1. The normalized spacial score (nSPS) is 16.7. The van der Waals surface area contributed by atoms with Gasteiger partial charge in [-0.2, -0.15) is 0 Å². The van der Waals surface area contributed by atoms with Gasteiger partial charge in [0.25, 0.3) is 0 Å². The fraction of sp³-hybridized carbons (Fsp3) is 1.00. The molecule has 0 saturated carbocycles. The summed E-state index contributed by atoms with van der Waals surface area (Å²) in [5.41, 5.74) is 0. The van der Waals surface area contributed by atoms with Crippen molar-refractivity contribution in [1.82, 2.24) is 0 Å². The second-order valence-electron chi connectivity index (χ2n) is 8.85. The largest absolute Gasteiger partial charge is 0.911 e. The molecule has 0 fully saturated rings. The predicted octanol–water partition coefficient (Wildman–Crippen LogP) is 5.67. The molecule has 7 heteroatoms. The van der Waals surface area contributed by atoms with Crippen LogP contribution in [0.2, 0.25) is 0 Å². The maximum absolute atomic E-state index is 6.22. The molecule has 0 aliphatic rings. The summed E-state index contributed by atoms with van der Waals surface area (Å²) >= 11 is -2.69. The first-order valence-electron chi connectivity index (χ1n) is 10.7. The number of rotatable bonds is 15. The summed E-state index contributed by atoms with van der Waals surface area (Å²) in [6.45, 7) is 23.6. The molecule has 0 N–H and O–H groups in total. The summed E-state index contributed by atoms with van der Waals surface area (Å²) in [5, 5.41) is 0. The van der Waals surface area contributed by atoms with E-state index in [-0.39, 0.29) is 18.3 Å². The molecule has 0 bridgehead atoms. The van der Waals surface area contributed by atoms with Gasteiger partial charge in [0, 0.05) is 0 Å². The first kappa shape index (κ1) is 28.3. The third-order valence-electron chi connectivity index (χ3n) is 4.32. The Morgan fingerprint density at radius 1 is 0.536 bits per heavy atom. The summed E-state index contributed by atoms with van der Waals surface area (Å²) in [5.74, 6) is -2.53. The molecule has 168 valence electrons. The van der Waals surface area contributed by atoms with Gasteiger partial charge in [-0.05, 0) is 81.6 Å². The molecule has 0 saturated heterocycles. The van der Waals surface area contributed by atoms with E-state index in [1.807, 2.05) is 62.3 Å². The minimum Gasteiger partial charge on any atom is -0.428 e. The molecule has 0 spiro atoms. The summed E-state index contributed by atoms with van der Waals surface area (Å²) in [6, 6.07) is 0. The zero-order valence-electron chi connectivity index (χ0n) is 20.4. The van der Waals surface area contributed by atoms with Crippen LogP contribution in [-0.4, -0.2) is 50.8 Å². The van der Waals surface area contributed by atoms with Gasteiger partial charge in [0.1, 0.15) is 17.4 Å². The highest BCUT2D eigenvalue weighted by atomic mass is 27.3. The zero-order chi connectivity index (χ0) is 22.2. The molecule has 3 unspecified atom stereocenters. The molecule has 0 heterocycles. The van der Waals surface area contributed by atoms with Gasteiger partial charge in [0.2, 0.25) is 0 Å². The van der Waals surface area contributed by atoms with E-state index >= 15 is 0 Å². The van der Waals surface area contributed by atoms with Gasteiger partial charge in [-0.15, -0.1) is 0 Å². The van der Waals surface area contributed by atoms with E-state index in [4.69, 9.17) is 25.6 Å². The Balaban J connectivity index is 5.35. The lowest BCUT2D eigenvalue weighted by Crippen LogP contribution is -2.50. The standard InChI is InChI=1S/3C7H15O2.Al/c3*1-5-6(2)9-7(3,4)8;/h3*6H,5H2,1-4H3;/q3*-1;+3. The SMILES string of the molecule is CCC(C)OC(C)(C)[O][Al]([O]C(C)(C)OC(C)CC)[O]C(C)(C)OC(C)CC. The fourth-order valence-electron chi connectivity index (χ4n) is 2.55. The van der Waals surface area contributed by atoms with Gasteiger partial charge in [0.15, 0.2) is 0 Å². The van der Waals surface area contributed by atoms with Crippen LogP contribution in [-0.2, 0) is 25.6 Å². The molecule has 0 radical (unpaired) electrons. The Labute approximate surface area is 178 Å². The lowest BCUT2D eigenvalue weighted by atomic mass is 10.3. The van der Waals surface area contributed by atoms with Crippen molar-refractivity contribution in [2.45, 2.75) is 138 Å². The highest BCUT2D eigenvalue weighted by Crippen LogP contribution is 2.26. The van der Waals surface area contributed by atoms with Crippen LogP contribution in [0.1, 0.15) is 102 Å². The summed E-state index contributed by atoms with van der Waals surface area (Å²) in [6.07, 6.45) is 2.89. The monoisotopic (exact) mass is 420 g/mol. The van der Waals surface area contributed by atoms with Crippen LogP contribution in [0.15, 0.2) is 0 Å². The second kappa shape index (κ2) is 12.2. The lowest BCUT2D eigenvalue weighted by Gasteiger charge is -2.38. The maximum atomic E-state index is 6.22. The van der Waals surface area contributed by atoms with Crippen LogP contribution in [0, 0.1) is 0 Å². The van der Waals surface area contributed by atoms with Crippen LogP contribution in [0.4, 0.5) is 0 Å². The Bertz CT molecular complexity index is 365. The van der Waals surface area contributed by atoms with Crippen molar-refractivity contribution >= 4 is 15.1 Å². The molecule has 0 aliphatic heterocycles. The molecule has 0 aromatic heterocycles. The van der Waals surface area contributed by atoms with Crippen molar-refractivity contribution in [2.24, 2.45) is 0 Å². The van der Waals surface area contributed by atoms with E-state index in [1.54, 1.807) is 0 Å². The molecular formula is C21H45AlO6. The van der Waals surface area contributed by atoms with Crippen LogP contribution >= 0.6 is 0 Å². The molecule has 0 rings (SSSR count). The van der Waals surface area contributed by atoms with E-state index in [0.29, 0.717) is 0 Å². The molecule has 6 nitrogen and oxygen atoms in total. The zero-order valence-corrected chi connectivity index (χ0v) is 21.5. The highest BCUT2D eigenvalue weighted by molar-refractivity contribution is 6.36. The van der Waals surface area contributed by atoms with Crippen LogP contribution in [0.5, 0.6) is 0 Å². The van der Waals surface area contributed by atoms with Crippen molar-refractivity contribution in [3.05, 3.63) is 0 Å². The van der Waals surface area contributed by atoms with Crippen molar-refractivity contribution < 1.29 is 25.6 Å². The summed E-state index contributed by atoms with van der Waals surface area (Å²) in [4.78, 5) is 0. The average Bonchev–Trinajstić information content (AvgIpc) is 2.51. The molecule has 3 atom stereocenters. The van der Waals surface area contributed by atoms with Crippen LogP contribution in [0.3, 0.4) is 0 Å². The van der Waals surface area contributed by atoms with E-state index in [2.05, 4.69) is 20.8 Å². The summed E-state index contributed by atoms with van der Waals surface area (Å²) in [7, 11) is 0. The van der Waals surface area contributed by atoms with Gasteiger partial charge < -0.3 is 25.6 Å². The van der Waals surface area contributed by atoms with Gasteiger partial charge in [0.05, 0.1) is 18.3 Å². The number of ether oxygens (including phenoxy) is 3. The van der Waals surface area contributed by atoms with E-state index in [1.165, 1.54) is 0 Å². The van der Waals surface area contributed by atoms with Crippen LogP contribution in [0.25, 0.3) is 0 Å². The van der Waals surface area contributed by atoms with Crippen molar-refractivity contribution in [1.29, 1.82) is 0 Å². The van der Waals surface area contributed by atoms with E-state index in [0.717, 1.165) is 19.3 Å². The minimum absolute atomic E-state index is 0.0680. The maximum Gasteiger partial charge on any atom is 0.911 e. The van der Waals surface area contributed by atoms with E-state index < -0.39 is 32.5 Å². The highest BCUT2D eigenvalue weighted by Gasteiger charge is 2.47. The Hall–Kier alpha value is 0.292. The molecule has 0 aliphatic carbocycles. The topological polar surface area (TPSA) is 55.4 Å². The second-order valence-corrected chi connectivity index (χ2v) is 10.1. The fourth-order valence-corrected chi connectivity index (χ4v) is 4.26. The Morgan fingerprint density at radius 2 is 0.750 bits per heavy atom. The van der Waals surface area contributed by atoms with Gasteiger partial charge >= 0.3 is 15.1 Å². The summed E-state index contributed by atoms with van der Waals surface area (Å²) < 4.78 is 36.7. The third kappa shape index (κ3) is 12.8. The Kier molecular flexibility index (Phi) is 12.3. The van der Waals surface area contributed by atoms with Gasteiger partial charge in [-0.1, -0.05) is 20.8 Å².